The van der Waals surface area contributed by atoms with Gasteiger partial charge in [0, 0.05) is 17.2 Å². The fourth-order valence-corrected chi connectivity index (χ4v) is 5.80. The summed E-state index contributed by atoms with van der Waals surface area (Å²) in [6, 6.07) is 35.4. The summed E-state index contributed by atoms with van der Waals surface area (Å²) in [5.41, 5.74) is 7.51. The zero-order valence-electron chi connectivity index (χ0n) is 18.8. The van der Waals surface area contributed by atoms with Gasteiger partial charge in [-0.3, -0.25) is 4.98 Å². The summed E-state index contributed by atoms with van der Waals surface area (Å²) in [6.45, 7) is 4.68. The fraction of sp³-hybridized carbons (Fsp3) is 0.0938. The highest BCUT2D eigenvalue weighted by molar-refractivity contribution is 6.09. The number of benzene rings is 5. The number of rotatable bonds is 1. The molecular formula is C32H23N. The average molecular weight is 422 g/mol. The Morgan fingerprint density at radius 2 is 1.24 bits per heavy atom. The molecule has 0 aliphatic heterocycles. The SMILES string of the molecule is CC1(C)c2cc3ccccc3cc2-c2ccnc(-c3ccc4ccc5ccccc5c4c3)c21. The Labute approximate surface area is 193 Å². The first-order chi connectivity index (χ1) is 16.1. The second-order valence-electron chi connectivity index (χ2n) is 9.67. The molecule has 0 amide bonds. The third-order valence-electron chi connectivity index (χ3n) is 7.45. The molecule has 1 aromatic heterocycles. The van der Waals surface area contributed by atoms with Crippen LogP contribution < -0.4 is 0 Å². The van der Waals surface area contributed by atoms with E-state index >= 15 is 0 Å². The molecule has 0 atom stereocenters. The predicted octanol–water partition coefficient (Wildman–Crippen LogP) is 8.51. The number of hydrogen-bond acceptors (Lipinski definition) is 1. The van der Waals surface area contributed by atoms with E-state index in [1.165, 1.54) is 60.1 Å². The molecule has 1 heteroatoms. The van der Waals surface area contributed by atoms with E-state index in [0.29, 0.717) is 0 Å². The molecule has 1 aliphatic carbocycles. The molecule has 6 aromatic rings. The summed E-state index contributed by atoms with van der Waals surface area (Å²) in [4.78, 5) is 4.96. The molecule has 1 aliphatic rings. The number of aromatic nitrogens is 1. The summed E-state index contributed by atoms with van der Waals surface area (Å²) in [6.07, 6.45) is 1.97. The van der Waals surface area contributed by atoms with Crippen molar-refractivity contribution in [1.82, 2.24) is 4.98 Å². The molecule has 0 saturated carbocycles. The molecule has 1 nitrogen and oxygen atoms in total. The Hall–Kier alpha value is -3.97. The first kappa shape index (κ1) is 18.6. The maximum absolute atomic E-state index is 4.96. The van der Waals surface area contributed by atoms with Gasteiger partial charge in [-0.2, -0.15) is 0 Å². The van der Waals surface area contributed by atoms with Gasteiger partial charge in [0.25, 0.3) is 0 Å². The molecule has 0 fully saturated rings. The van der Waals surface area contributed by atoms with Crippen molar-refractivity contribution in [1.29, 1.82) is 0 Å². The van der Waals surface area contributed by atoms with Crippen molar-refractivity contribution in [2.75, 3.05) is 0 Å². The molecule has 156 valence electrons. The van der Waals surface area contributed by atoms with Gasteiger partial charge in [-0.15, -0.1) is 0 Å². The van der Waals surface area contributed by atoms with E-state index in [0.717, 1.165) is 5.69 Å². The summed E-state index contributed by atoms with van der Waals surface area (Å²) in [7, 11) is 0. The Morgan fingerprint density at radius 1 is 0.576 bits per heavy atom. The average Bonchev–Trinajstić information content (AvgIpc) is 3.08. The van der Waals surface area contributed by atoms with Crippen molar-refractivity contribution in [2.45, 2.75) is 19.3 Å². The highest BCUT2D eigenvalue weighted by Gasteiger charge is 2.38. The largest absolute Gasteiger partial charge is 0.256 e. The second-order valence-corrected chi connectivity index (χ2v) is 9.67. The van der Waals surface area contributed by atoms with Crippen LogP contribution in [0, 0.1) is 0 Å². The van der Waals surface area contributed by atoms with Crippen molar-refractivity contribution in [3.63, 3.8) is 0 Å². The van der Waals surface area contributed by atoms with Crippen molar-refractivity contribution >= 4 is 32.3 Å². The summed E-state index contributed by atoms with van der Waals surface area (Å²) in [5, 5.41) is 7.69. The van der Waals surface area contributed by atoms with Crippen LogP contribution in [-0.2, 0) is 5.41 Å². The minimum atomic E-state index is -0.119. The minimum Gasteiger partial charge on any atom is -0.256 e. The van der Waals surface area contributed by atoms with Crippen LogP contribution in [-0.4, -0.2) is 4.98 Å². The number of pyridine rings is 1. The monoisotopic (exact) mass is 421 g/mol. The molecule has 7 rings (SSSR count). The highest BCUT2D eigenvalue weighted by atomic mass is 14.7. The lowest BCUT2D eigenvalue weighted by Gasteiger charge is -2.24. The molecule has 0 N–H and O–H groups in total. The van der Waals surface area contributed by atoms with Gasteiger partial charge in [-0.1, -0.05) is 86.6 Å². The Kier molecular flexibility index (Phi) is 3.67. The van der Waals surface area contributed by atoms with Crippen LogP contribution >= 0.6 is 0 Å². The van der Waals surface area contributed by atoms with Crippen LogP contribution in [0.5, 0.6) is 0 Å². The van der Waals surface area contributed by atoms with Crippen LogP contribution in [0.3, 0.4) is 0 Å². The molecule has 5 aromatic carbocycles. The van der Waals surface area contributed by atoms with Crippen molar-refractivity contribution < 1.29 is 0 Å². The number of fused-ring (bicyclic) bond motifs is 7. The number of nitrogens with zero attached hydrogens (tertiary/aromatic N) is 1. The maximum atomic E-state index is 4.96. The Balaban J connectivity index is 1.51. The van der Waals surface area contributed by atoms with E-state index < -0.39 is 0 Å². The van der Waals surface area contributed by atoms with Gasteiger partial charge >= 0.3 is 0 Å². The lowest BCUT2D eigenvalue weighted by atomic mass is 9.80. The zero-order chi connectivity index (χ0) is 22.2. The van der Waals surface area contributed by atoms with Gasteiger partial charge in [-0.25, -0.2) is 0 Å². The van der Waals surface area contributed by atoms with E-state index in [9.17, 15) is 0 Å². The van der Waals surface area contributed by atoms with Gasteiger partial charge in [0.1, 0.15) is 0 Å². The van der Waals surface area contributed by atoms with Crippen molar-refractivity contribution in [3.8, 4) is 22.4 Å². The topological polar surface area (TPSA) is 12.9 Å². The van der Waals surface area contributed by atoms with Crippen LogP contribution in [0.25, 0.3) is 54.7 Å². The molecular weight excluding hydrogens is 398 g/mol. The van der Waals surface area contributed by atoms with E-state index in [2.05, 4.69) is 111 Å². The van der Waals surface area contributed by atoms with Crippen LogP contribution in [0.15, 0.2) is 103 Å². The predicted molar refractivity (Wildman–Crippen MR) is 140 cm³/mol. The maximum Gasteiger partial charge on any atom is 0.0749 e. The lowest BCUT2D eigenvalue weighted by Crippen LogP contribution is -2.17. The highest BCUT2D eigenvalue weighted by Crippen LogP contribution is 2.52. The van der Waals surface area contributed by atoms with E-state index in [1.54, 1.807) is 0 Å². The molecule has 0 spiro atoms. The second kappa shape index (κ2) is 6.52. The third-order valence-corrected chi connectivity index (χ3v) is 7.45. The standard InChI is InChI=1S/C32H23N/c1-32(2)29-19-23-9-4-3-8-22(23)17-28(29)26-15-16-33-31(30(26)32)24-14-13-21-12-11-20-7-5-6-10-25(20)27(21)18-24/h3-19H,1-2H3. The molecule has 0 radical (unpaired) electrons. The van der Waals surface area contributed by atoms with E-state index in [4.69, 9.17) is 4.98 Å². The van der Waals surface area contributed by atoms with Crippen molar-refractivity contribution in [2.24, 2.45) is 0 Å². The molecule has 0 saturated heterocycles. The summed E-state index contributed by atoms with van der Waals surface area (Å²) >= 11 is 0. The summed E-state index contributed by atoms with van der Waals surface area (Å²) < 4.78 is 0. The molecule has 0 unspecified atom stereocenters. The molecule has 0 bridgehead atoms. The van der Waals surface area contributed by atoms with E-state index in [1.807, 2.05) is 6.20 Å². The Bertz CT molecular complexity index is 1740. The van der Waals surface area contributed by atoms with Gasteiger partial charge in [0.15, 0.2) is 0 Å². The fourth-order valence-electron chi connectivity index (χ4n) is 5.80. The quantitative estimate of drug-likeness (QED) is 0.242. The van der Waals surface area contributed by atoms with Crippen LogP contribution in [0.1, 0.15) is 25.0 Å². The Morgan fingerprint density at radius 3 is 2.06 bits per heavy atom. The first-order valence-corrected chi connectivity index (χ1v) is 11.6. The van der Waals surface area contributed by atoms with E-state index in [-0.39, 0.29) is 5.41 Å². The molecule has 33 heavy (non-hydrogen) atoms. The first-order valence-electron chi connectivity index (χ1n) is 11.6. The molecule has 1 heterocycles. The van der Waals surface area contributed by atoms with Crippen LogP contribution in [0.4, 0.5) is 0 Å². The lowest BCUT2D eigenvalue weighted by molar-refractivity contribution is 0.660. The third kappa shape index (κ3) is 2.57. The van der Waals surface area contributed by atoms with Gasteiger partial charge in [0.2, 0.25) is 0 Å². The van der Waals surface area contributed by atoms with Gasteiger partial charge in [0.05, 0.1) is 5.69 Å². The van der Waals surface area contributed by atoms with Crippen LogP contribution in [0.2, 0.25) is 0 Å². The van der Waals surface area contributed by atoms with Gasteiger partial charge in [-0.05, 0) is 78.8 Å². The normalized spacial score (nSPS) is 14.0. The van der Waals surface area contributed by atoms with Gasteiger partial charge < -0.3 is 0 Å². The minimum absolute atomic E-state index is 0.119. The van der Waals surface area contributed by atoms with Crippen molar-refractivity contribution in [3.05, 3.63) is 114 Å². The summed E-state index contributed by atoms with van der Waals surface area (Å²) in [5.74, 6) is 0. The zero-order valence-corrected chi connectivity index (χ0v) is 18.8. The number of hydrogen-bond donors (Lipinski definition) is 0. The smallest absolute Gasteiger partial charge is 0.0749 e.